The van der Waals surface area contributed by atoms with Crippen LogP contribution in [0.2, 0.25) is 0 Å². The van der Waals surface area contributed by atoms with Gasteiger partial charge in [0.1, 0.15) is 0 Å². The number of rotatable bonds is 3. The molecular weight excluding hydrogens is 486 g/mol. The highest BCUT2D eigenvalue weighted by molar-refractivity contribution is 5.66. The fraction of sp³-hybridized carbons (Fsp3) is 0.757. The second-order valence-electron chi connectivity index (χ2n) is 17.6. The zero-order chi connectivity index (χ0) is 33.0. The van der Waals surface area contributed by atoms with Crippen LogP contribution in [-0.4, -0.2) is 18.6 Å². The molecule has 0 unspecified atom stereocenters. The number of allylic oxidation sites excluding steroid dienone is 5. The second kappa shape index (κ2) is 16.6. The fourth-order valence-electron chi connectivity index (χ4n) is 2.46. The molecule has 0 saturated heterocycles. The molecule has 0 rings (SSSR count). The molecule has 0 atom stereocenters. The van der Waals surface area contributed by atoms with Crippen LogP contribution in [0.3, 0.4) is 0 Å². The van der Waals surface area contributed by atoms with E-state index in [1.54, 1.807) is 0 Å². The molecule has 0 amide bonds. The molecule has 0 aliphatic heterocycles. The van der Waals surface area contributed by atoms with Gasteiger partial charge in [0.25, 0.3) is 0 Å². The van der Waals surface area contributed by atoms with E-state index >= 15 is 0 Å². The lowest BCUT2D eigenvalue weighted by Gasteiger charge is -2.21. The van der Waals surface area contributed by atoms with E-state index in [0.717, 1.165) is 11.4 Å². The van der Waals surface area contributed by atoms with Crippen molar-refractivity contribution in [2.45, 2.75) is 152 Å². The monoisotopic (exact) mass is 558 g/mol. The summed E-state index contributed by atoms with van der Waals surface area (Å²) in [7, 11) is 0. The topological polar surface area (TPSA) is 37.1 Å². The summed E-state index contributed by atoms with van der Waals surface area (Å²) in [5.41, 5.74) is 6.11. The van der Waals surface area contributed by atoms with Crippen molar-refractivity contribution < 1.29 is 0 Å². The molecular formula is C37H71N3. The van der Waals surface area contributed by atoms with Crippen molar-refractivity contribution >= 4 is 18.6 Å². The zero-order valence-electron chi connectivity index (χ0n) is 31.2. The van der Waals surface area contributed by atoms with Crippen LogP contribution < -0.4 is 0 Å². The Morgan fingerprint density at radius 3 is 1.12 bits per heavy atom. The summed E-state index contributed by atoms with van der Waals surface area (Å²) < 4.78 is 0. The van der Waals surface area contributed by atoms with Gasteiger partial charge in [0.15, 0.2) is 0 Å². The van der Waals surface area contributed by atoms with Crippen LogP contribution in [0.15, 0.2) is 49.8 Å². The maximum atomic E-state index is 4.52. The molecule has 3 heteroatoms. The first-order valence-electron chi connectivity index (χ1n) is 15.0. The van der Waals surface area contributed by atoms with Crippen molar-refractivity contribution in [2.24, 2.45) is 47.5 Å². The summed E-state index contributed by atoms with van der Waals surface area (Å²) in [6, 6.07) is 0. The molecule has 234 valence electrons. The van der Waals surface area contributed by atoms with E-state index < -0.39 is 0 Å². The number of hydrogen-bond acceptors (Lipinski definition) is 3. The molecule has 0 aromatic rings. The van der Waals surface area contributed by atoms with Gasteiger partial charge in [-0.25, -0.2) is 0 Å². The Hall–Kier alpha value is -1.77. The van der Waals surface area contributed by atoms with Crippen molar-refractivity contribution in [3.63, 3.8) is 0 Å². The molecule has 40 heavy (non-hydrogen) atoms. The van der Waals surface area contributed by atoms with Crippen LogP contribution in [0, 0.1) is 32.5 Å². The minimum Gasteiger partial charge on any atom is -0.269 e. The van der Waals surface area contributed by atoms with Gasteiger partial charge in [0.2, 0.25) is 0 Å². The maximum Gasteiger partial charge on any atom is 0.0363 e. The Bertz CT molecular complexity index is 907. The molecule has 0 fully saturated rings. The first-order chi connectivity index (χ1) is 17.3. The summed E-state index contributed by atoms with van der Waals surface area (Å²) in [5.74, 6) is 0. The number of aliphatic imine (C=N–C) groups is 3. The second-order valence-corrected chi connectivity index (χ2v) is 17.6. The van der Waals surface area contributed by atoms with Gasteiger partial charge in [0.05, 0.1) is 0 Å². The van der Waals surface area contributed by atoms with Crippen molar-refractivity contribution in [1.82, 2.24) is 0 Å². The molecule has 0 radical (unpaired) electrons. The summed E-state index contributed by atoms with van der Waals surface area (Å²) in [6.07, 6.45) is 10.2. The van der Waals surface area contributed by atoms with Crippen LogP contribution in [0.1, 0.15) is 152 Å². The van der Waals surface area contributed by atoms with Gasteiger partial charge in [-0.05, 0) is 71.3 Å². The highest BCUT2D eigenvalue weighted by atomic mass is 14.7. The third kappa shape index (κ3) is 30.8. The summed E-state index contributed by atoms with van der Waals surface area (Å²) >= 11 is 0. The van der Waals surface area contributed by atoms with Gasteiger partial charge < -0.3 is 0 Å². The lowest BCUT2D eigenvalue weighted by Crippen LogP contribution is -2.10. The third-order valence-corrected chi connectivity index (χ3v) is 5.52. The molecule has 0 bridgehead atoms. The average Bonchev–Trinajstić information content (AvgIpc) is 2.66. The lowest BCUT2D eigenvalue weighted by atomic mass is 9.86. The van der Waals surface area contributed by atoms with E-state index in [1.165, 1.54) is 11.1 Å². The number of hydrogen-bond donors (Lipinski definition) is 0. The Morgan fingerprint density at radius 2 is 0.825 bits per heavy atom. The van der Waals surface area contributed by atoms with Crippen LogP contribution >= 0.6 is 0 Å². The van der Waals surface area contributed by atoms with Gasteiger partial charge in [0, 0.05) is 36.2 Å². The largest absolute Gasteiger partial charge is 0.269 e. The standard InChI is InChI=1S/C13H25N.2C12H23N/c1-10(13(6,7)8)11(2)14-9-12(3,4)5;1-10(12(5,6)7)8-13-9-11(2,3)4;1-10(8-11(2,3)4)13-9-12(5,6)7/h9H,1-8H3;2*8-9H,1-7H3/b11-10-,14-9?;2*10-8-,13-9?. The lowest BCUT2D eigenvalue weighted by molar-refractivity contribution is 0.497. The fourth-order valence-corrected chi connectivity index (χ4v) is 2.46. The van der Waals surface area contributed by atoms with Crippen molar-refractivity contribution in [2.75, 3.05) is 0 Å². The van der Waals surface area contributed by atoms with Crippen LogP contribution in [0.25, 0.3) is 0 Å². The molecule has 3 nitrogen and oxygen atoms in total. The SMILES string of the molecule is C/C(=C/C(C)(C)C)N=CC(C)(C)C.C/C(=C/N=CC(C)(C)C)C(C)(C)C.C/C(N=CC(C)(C)C)=C(\C)C(C)(C)C. The van der Waals surface area contributed by atoms with E-state index in [4.69, 9.17) is 0 Å². The minimum absolute atomic E-state index is 0.166. The van der Waals surface area contributed by atoms with Gasteiger partial charge in [-0.1, -0.05) is 131 Å². The normalized spacial score (nSPS) is 15.7. The summed E-state index contributed by atoms with van der Waals surface area (Å²) in [6.45, 7) is 47.6. The van der Waals surface area contributed by atoms with Crippen LogP contribution in [0.4, 0.5) is 0 Å². The molecule has 0 saturated carbocycles. The molecule has 0 aliphatic carbocycles. The Balaban J connectivity index is -0.000000514. The zero-order valence-corrected chi connectivity index (χ0v) is 31.2. The van der Waals surface area contributed by atoms with E-state index in [2.05, 4.69) is 166 Å². The van der Waals surface area contributed by atoms with E-state index in [1.807, 2.05) is 31.8 Å². The van der Waals surface area contributed by atoms with Crippen molar-refractivity contribution in [3.8, 4) is 0 Å². The van der Waals surface area contributed by atoms with E-state index in [0.29, 0.717) is 0 Å². The first kappa shape index (κ1) is 42.7. The Morgan fingerprint density at radius 1 is 0.450 bits per heavy atom. The highest BCUT2D eigenvalue weighted by Gasteiger charge is 2.15. The minimum atomic E-state index is 0.166. The smallest absolute Gasteiger partial charge is 0.0363 e. The Labute approximate surface area is 253 Å². The van der Waals surface area contributed by atoms with E-state index in [9.17, 15) is 0 Å². The first-order valence-corrected chi connectivity index (χ1v) is 15.0. The molecule has 0 N–H and O–H groups in total. The predicted molar refractivity (Wildman–Crippen MR) is 188 cm³/mol. The number of nitrogens with zero attached hydrogens (tertiary/aromatic N) is 3. The summed E-state index contributed by atoms with van der Waals surface area (Å²) in [4.78, 5) is 13.3. The van der Waals surface area contributed by atoms with Crippen LogP contribution in [0.5, 0.6) is 0 Å². The highest BCUT2D eigenvalue weighted by Crippen LogP contribution is 2.28. The van der Waals surface area contributed by atoms with E-state index in [-0.39, 0.29) is 32.5 Å². The summed E-state index contributed by atoms with van der Waals surface area (Å²) in [5, 5.41) is 0. The average molecular weight is 558 g/mol. The molecule has 0 aromatic carbocycles. The van der Waals surface area contributed by atoms with Crippen molar-refractivity contribution in [3.05, 3.63) is 34.8 Å². The Kier molecular flexibility index (Phi) is 17.7. The van der Waals surface area contributed by atoms with Gasteiger partial charge in [-0.15, -0.1) is 0 Å². The maximum absolute atomic E-state index is 4.52. The van der Waals surface area contributed by atoms with Crippen LogP contribution in [-0.2, 0) is 0 Å². The molecule has 0 heterocycles. The molecule has 0 aromatic heterocycles. The molecule has 0 spiro atoms. The van der Waals surface area contributed by atoms with Gasteiger partial charge in [-0.2, -0.15) is 0 Å². The quantitative estimate of drug-likeness (QED) is 0.309. The van der Waals surface area contributed by atoms with Gasteiger partial charge >= 0.3 is 0 Å². The molecule has 0 aliphatic rings. The predicted octanol–water partition coefficient (Wildman–Crippen LogP) is 12.5. The van der Waals surface area contributed by atoms with Crippen molar-refractivity contribution in [1.29, 1.82) is 0 Å². The van der Waals surface area contributed by atoms with Gasteiger partial charge in [-0.3, -0.25) is 15.0 Å². The third-order valence-electron chi connectivity index (χ3n) is 5.52.